The van der Waals surface area contributed by atoms with E-state index in [0.717, 1.165) is 43.6 Å². The van der Waals surface area contributed by atoms with Crippen molar-refractivity contribution < 1.29 is 0 Å². The molecule has 20 heavy (non-hydrogen) atoms. The topological polar surface area (TPSA) is 58.3 Å². The molecule has 0 spiro atoms. The Hall–Kier alpha value is -0.790. The molecule has 1 saturated heterocycles. The van der Waals surface area contributed by atoms with Crippen LogP contribution in [-0.2, 0) is 0 Å². The van der Waals surface area contributed by atoms with Crippen molar-refractivity contribution in [1.82, 2.24) is 14.3 Å². The van der Waals surface area contributed by atoms with Gasteiger partial charge in [-0.2, -0.15) is 4.37 Å². The molecule has 7 heteroatoms. The van der Waals surface area contributed by atoms with Gasteiger partial charge in [0.2, 0.25) is 5.13 Å². The molecule has 3 rings (SSSR count). The molecule has 5 nitrogen and oxygen atoms in total. The molecule has 2 fully saturated rings. The fraction of sp³-hybridized carbons (Fsp3) is 0.769. The van der Waals surface area contributed by atoms with Crippen LogP contribution in [0.1, 0.15) is 37.9 Å². The van der Waals surface area contributed by atoms with Gasteiger partial charge in [-0.15, -0.1) is 0 Å². The fourth-order valence-corrected chi connectivity index (χ4v) is 3.84. The first kappa shape index (κ1) is 14.2. The van der Waals surface area contributed by atoms with E-state index in [2.05, 4.69) is 26.1 Å². The van der Waals surface area contributed by atoms with Crippen LogP contribution in [0.5, 0.6) is 0 Å². The maximum atomic E-state index is 5.82. The second kappa shape index (κ2) is 5.91. The van der Waals surface area contributed by atoms with Gasteiger partial charge < -0.3 is 10.6 Å². The lowest BCUT2D eigenvalue weighted by molar-refractivity contribution is 0.224. The molecule has 1 aromatic heterocycles. The maximum absolute atomic E-state index is 5.82. The number of aromatic nitrogens is 2. The summed E-state index contributed by atoms with van der Waals surface area (Å²) < 4.78 is 4.49. The lowest BCUT2D eigenvalue weighted by Crippen LogP contribution is -2.53. The molecule has 1 aliphatic heterocycles. The molecule has 2 heterocycles. The summed E-state index contributed by atoms with van der Waals surface area (Å²) in [6.07, 6.45) is 3.51. The zero-order chi connectivity index (χ0) is 14.1. The molecule has 0 aromatic carbocycles. The highest BCUT2D eigenvalue weighted by Gasteiger charge is 2.30. The Balaban J connectivity index is 1.58. The van der Waals surface area contributed by atoms with E-state index >= 15 is 0 Å². The molecule has 1 unspecified atom stereocenters. The van der Waals surface area contributed by atoms with E-state index in [0.29, 0.717) is 10.9 Å². The Labute approximate surface area is 129 Å². The lowest BCUT2D eigenvalue weighted by Gasteiger charge is -2.38. The minimum absolute atomic E-state index is 0.239. The van der Waals surface area contributed by atoms with Crippen LogP contribution in [0, 0.1) is 0 Å². The Morgan fingerprint density at radius 2 is 2.10 bits per heavy atom. The summed E-state index contributed by atoms with van der Waals surface area (Å²) in [7, 11) is 0. The normalized spacial score (nSPS) is 21.9. The second-order valence-electron chi connectivity index (χ2n) is 5.56. The molecular formula is C13H21N5S2. The average Bonchev–Trinajstić information content (AvgIpc) is 3.18. The highest BCUT2D eigenvalue weighted by atomic mass is 32.1. The van der Waals surface area contributed by atoms with Crippen molar-refractivity contribution in [3.63, 3.8) is 0 Å². The highest BCUT2D eigenvalue weighted by molar-refractivity contribution is 7.80. The van der Waals surface area contributed by atoms with Crippen LogP contribution in [0.4, 0.5) is 5.13 Å². The van der Waals surface area contributed by atoms with Crippen LogP contribution in [0.3, 0.4) is 0 Å². The molecule has 0 bridgehead atoms. The molecule has 1 aliphatic carbocycles. The standard InChI is InChI=1S/C13H21N5S2/c1-2-10(11(14)19)17-5-7-18(8-6-17)13-15-12(16-20-13)9-3-4-9/h9-10H,2-8H2,1H3,(H2,14,19). The van der Waals surface area contributed by atoms with Crippen molar-refractivity contribution >= 4 is 33.9 Å². The van der Waals surface area contributed by atoms with Gasteiger partial charge >= 0.3 is 0 Å². The zero-order valence-electron chi connectivity index (χ0n) is 11.8. The summed E-state index contributed by atoms with van der Waals surface area (Å²) >= 11 is 6.70. The third-order valence-corrected chi connectivity index (χ3v) is 5.18. The second-order valence-corrected chi connectivity index (χ2v) is 6.76. The molecule has 1 aromatic rings. The molecule has 0 amide bonds. The largest absolute Gasteiger partial charge is 0.392 e. The van der Waals surface area contributed by atoms with Crippen LogP contribution >= 0.6 is 23.8 Å². The van der Waals surface area contributed by atoms with Gasteiger partial charge in [-0.3, -0.25) is 4.90 Å². The van der Waals surface area contributed by atoms with Gasteiger partial charge in [0.05, 0.1) is 11.0 Å². The van der Waals surface area contributed by atoms with E-state index in [1.54, 1.807) is 11.5 Å². The number of anilines is 1. The van der Waals surface area contributed by atoms with Crippen molar-refractivity contribution in [2.45, 2.75) is 38.1 Å². The summed E-state index contributed by atoms with van der Waals surface area (Å²) in [4.78, 5) is 10.0. The summed E-state index contributed by atoms with van der Waals surface area (Å²) in [6, 6.07) is 0.239. The van der Waals surface area contributed by atoms with Gasteiger partial charge in [-0.05, 0) is 19.3 Å². The van der Waals surface area contributed by atoms with Gasteiger partial charge in [0.25, 0.3) is 0 Å². The molecule has 0 radical (unpaired) electrons. The Kier molecular flexibility index (Phi) is 4.18. The van der Waals surface area contributed by atoms with Gasteiger partial charge in [0, 0.05) is 43.6 Å². The van der Waals surface area contributed by atoms with Crippen LogP contribution in [0.25, 0.3) is 0 Å². The molecule has 110 valence electrons. The molecule has 1 saturated carbocycles. The van der Waals surface area contributed by atoms with Crippen molar-refractivity contribution in [2.75, 3.05) is 31.1 Å². The molecule has 2 N–H and O–H groups in total. The minimum Gasteiger partial charge on any atom is -0.392 e. The molecule has 2 aliphatic rings. The lowest BCUT2D eigenvalue weighted by atomic mass is 10.1. The van der Waals surface area contributed by atoms with Gasteiger partial charge in [-0.1, -0.05) is 19.1 Å². The number of nitrogens with zero attached hydrogens (tertiary/aromatic N) is 4. The molecular weight excluding hydrogens is 290 g/mol. The van der Waals surface area contributed by atoms with Crippen molar-refractivity contribution in [3.05, 3.63) is 5.82 Å². The van der Waals surface area contributed by atoms with Crippen LogP contribution in [0.2, 0.25) is 0 Å². The summed E-state index contributed by atoms with van der Waals surface area (Å²) in [5.74, 6) is 1.70. The van der Waals surface area contributed by atoms with Crippen molar-refractivity contribution in [1.29, 1.82) is 0 Å². The Bertz CT molecular complexity index is 477. The minimum atomic E-state index is 0.239. The van der Waals surface area contributed by atoms with Gasteiger partial charge in [0.1, 0.15) is 5.82 Å². The number of thiocarbonyl (C=S) groups is 1. The van der Waals surface area contributed by atoms with Gasteiger partial charge in [0.15, 0.2) is 0 Å². The van der Waals surface area contributed by atoms with E-state index < -0.39 is 0 Å². The van der Waals surface area contributed by atoms with Gasteiger partial charge in [-0.25, -0.2) is 4.98 Å². The van der Waals surface area contributed by atoms with E-state index in [9.17, 15) is 0 Å². The summed E-state index contributed by atoms with van der Waals surface area (Å²) in [6.45, 7) is 6.10. The van der Waals surface area contributed by atoms with Crippen molar-refractivity contribution in [2.24, 2.45) is 5.73 Å². The quantitative estimate of drug-likeness (QED) is 0.834. The third kappa shape index (κ3) is 2.94. The van der Waals surface area contributed by atoms with E-state index in [1.165, 1.54) is 12.8 Å². The monoisotopic (exact) mass is 311 g/mol. The maximum Gasteiger partial charge on any atom is 0.205 e. The van der Waals surface area contributed by atoms with Crippen LogP contribution in [-0.4, -0.2) is 51.5 Å². The molecule has 1 atom stereocenters. The summed E-state index contributed by atoms with van der Waals surface area (Å²) in [5.41, 5.74) is 5.82. The van der Waals surface area contributed by atoms with Crippen LogP contribution in [0.15, 0.2) is 0 Å². The Morgan fingerprint density at radius 1 is 1.40 bits per heavy atom. The predicted molar refractivity (Wildman–Crippen MR) is 86.5 cm³/mol. The fourth-order valence-electron chi connectivity index (χ4n) is 2.73. The number of hydrogen-bond donors (Lipinski definition) is 1. The third-order valence-electron chi connectivity index (χ3n) is 4.11. The van der Waals surface area contributed by atoms with E-state index in [1.807, 2.05) is 0 Å². The van der Waals surface area contributed by atoms with E-state index in [4.69, 9.17) is 18.0 Å². The zero-order valence-corrected chi connectivity index (χ0v) is 13.4. The Morgan fingerprint density at radius 3 is 2.65 bits per heavy atom. The SMILES string of the molecule is CCC(C(N)=S)N1CCN(c2nc(C3CC3)ns2)CC1. The first-order valence-corrected chi connectivity index (χ1v) is 8.49. The van der Waals surface area contributed by atoms with Crippen molar-refractivity contribution in [3.8, 4) is 0 Å². The smallest absolute Gasteiger partial charge is 0.205 e. The highest BCUT2D eigenvalue weighted by Crippen LogP contribution is 2.39. The van der Waals surface area contributed by atoms with Crippen LogP contribution < -0.4 is 10.6 Å². The number of nitrogens with two attached hydrogens (primary N) is 1. The summed E-state index contributed by atoms with van der Waals surface area (Å²) in [5, 5.41) is 1.08. The predicted octanol–water partition coefficient (Wildman–Crippen LogP) is 1.60. The number of piperazine rings is 1. The average molecular weight is 311 g/mol. The first-order chi connectivity index (χ1) is 9.69. The number of hydrogen-bond acceptors (Lipinski definition) is 6. The first-order valence-electron chi connectivity index (χ1n) is 7.31. The van der Waals surface area contributed by atoms with E-state index in [-0.39, 0.29) is 6.04 Å². The number of rotatable bonds is 5.